The van der Waals surface area contributed by atoms with Crippen LogP contribution in [0, 0.1) is 0 Å². The smallest absolute Gasteiger partial charge is 0.322 e. The average Bonchev–Trinajstić information content (AvgIpc) is 3.57. The van der Waals surface area contributed by atoms with E-state index in [2.05, 4.69) is 27.6 Å². The Morgan fingerprint density at radius 2 is 1.52 bits per heavy atom. The summed E-state index contributed by atoms with van der Waals surface area (Å²) in [7, 11) is 1.65. The second-order valence-corrected chi connectivity index (χ2v) is 7.23. The molecule has 0 bridgehead atoms. The van der Waals surface area contributed by atoms with E-state index in [4.69, 9.17) is 13.6 Å². The van der Waals surface area contributed by atoms with Crippen LogP contribution in [0.1, 0.15) is 10.4 Å². The molecule has 1 amide bonds. The average molecular weight is 437 g/mol. The highest BCUT2D eigenvalue weighted by Crippen LogP contribution is 2.27. The number of carbonyl (C=O) groups is 1. The number of nitrogens with one attached hydrogen (secondary N) is 1. The van der Waals surface area contributed by atoms with Crippen molar-refractivity contribution >= 4 is 11.9 Å². The summed E-state index contributed by atoms with van der Waals surface area (Å²) in [6.45, 7) is 0. The van der Waals surface area contributed by atoms with Gasteiger partial charge in [0.1, 0.15) is 5.75 Å². The lowest BCUT2D eigenvalue weighted by atomic mass is 9.99. The van der Waals surface area contributed by atoms with Crippen LogP contribution in [0.4, 0.5) is 6.01 Å². The first-order chi connectivity index (χ1) is 16.2. The molecule has 0 fully saturated rings. The van der Waals surface area contributed by atoms with E-state index in [-0.39, 0.29) is 17.8 Å². The highest BCUT2D eigenvalue weighted by molar-refractivity contribution is 6.03. The Kier molecular flexibility index (Phi) is 5.43. The molecule has 0 radical (unpaired) electrons. The van der Waals surface area contributed by atoms with Crippen LogP contribution in [0.15, 0.2) is 100 Å². The molecule has 0 aliphatic carbocycles. The first-order valence-corrected chi connectivity index (χ1v) is 10.2. The number of ether oxygens (including phenoxy) is 1. The quantitative estimate of drug-likeness (QED) is 0.354. The van der Waals surface area contributed by atoms with Crippen molar-refractivity contribution in [3.05, 3.63) is 96.8 Å². The number of benzene rings is 3. The van der Waals surface area contributed by atoms with Gasteiger partial charge in [0.25, 0.3) is 11.8 Å². The fourth-order valence-electron chi connectivity index (χ4n) is 3.42. The van der Waals surface area contributed by atoms with Crippen molar-refractivity contribution in [2.24, 2.45) is 0 Å². The fraction of sp³-hybridized carbons (Fsp3) is 0.0385. The summed E-state index contributed by atoms with van der Waals surface area (Å²) in [6.07, 6.45) is 1.51. The number of methoxy groups -OCH3 is 1. The monoisotopic (exact) mass is 437 g/mol. The molecule has 0 aliphatic heterocycles. The first-order valence-electron chi connectivity index (χ1n) is 10.2. The van der Waals surface area contributed by atoms with Crippen molar-refractivity contribution in [3.8, 4) is 39.7 Å². The Labute approximate surface area is 189 Å². The van der Waals surface area contributed by atoms with E-state index >= 15 is 0 Å². The molecule has 162 valence electrons. The maximum Gasteiger partial charge on any atom is 0.322 e. The van der Waals surface area contributed by atoms with Gasteiger partial charge < -0.3 is 13.6 Å². The Morgan fingerprint density at radius 1 is 0.818 bits per heavy atom. The van der Waals surface area contributed by atoms with Crippen LogP contribution in [-0.4, -0.2) is 23.2 Å². The molecule has 0 saturated carbocycles. The Morgan fingerprint density at radius 3 is 2.18 bits per heavy atom. The molecule has 7 heteroatoms. The van der Waals surface area contributed by atoms with Gasteiger partial charge in [-0.1, -0.05) is 53.6 Å². The predicted octanol–water partition coefficient (Wildman–Crippen LogP) is 5.92. The van der Waals surface area contributed by atoms with Crippen molar-refractivity contribution in [3.63, 3.8) is 0 Å². The molecule has 5 rings (SSSR count). The number of rotatable bonds is 6. The maximum absolute atomic E-state index is 12.7. The summed E-state index contributed by atoms with van der Waals surface area (Å²) in [6, 6.07) is 26.8. The lowest BCUT2D eigenvalue weighted by Gasteiger charge is -2.08. The largest absolute Gasteiger partial charge is 0.497 e. The minimum absolute atomic E-state index is 0.000600. The van der Waals surface area contributed by atoms with E-state index in [9.17, 15) is 4.79 Å². The van der Waals surface area contributed by atoms with Crippen molar-refractivity contribution in [2.75, 3.05) is 12.4 Å². The third-order valence-corrected chi connectivity index (χ3v) is 5.14. The minimum Gasteiger partial charge on any atom is -0.497 e. The standard InChI is InChI=1S/C26H19N3O4/c1-31-22-13-11-18(12-14-22)17-7-9-19(10-8-17)20-4-2-5-21(16-20)24(30)27-26-29-28-25(33-26)23-6-3-15-32-23/h2-16H,1H3,(H,27,29,30). The molecule has 0 spiro atoms. The van der Waals surface area contributed by atoms with Crippen molar-refractivity contribution < 1.29 is 18.4 Å². The first kappa shape index (κ1) is 20.3. The zero-order valence-corrected chi connectivity index (χ0v) is 17.7. The number of carbonyl (C=O) groups excluding carboxylic acids is 1. The van der Waals surface area contributed by atoms with E-state index in [0.717, 1.165) is 28.0 Å². The number of hydrogen-bond acceptors (Lipinski definition) is 6. The highest BCUT2D eigenvalue weighted by atomic mass is 16.5. The van der Waals surface area contributed by atoms with Gasteiger partial charge in [0.05, 0.1) is 13.4 Å². The third kappa shape index (κ3) is 4.38. The fourth-order valence-corrected chi connectivity index (χ4v) is 3.42. The molecule has 33 heavy (non-hydrogen) atoms. The van der Waals surface area contributed by atoms with Crippen LogP contribution >= 0.6 is 0 Å². The van der Waals surface area contributed by atoms with E-state index < -0.39 is 0 Å². The zero-order chi connectivity index (χ0) is 22.6. The van der Waals surface area contributed by atoms with E-state index in [0.29, 0.717) is 11.3 Å². The van der Waals surface area contributed by atoms with Gasteiger partial charge in [-0.15, -0.1) is 5.10 Å². The van der Waals surface area contributed by atoms with E-state index in [1.54, 1.807) is 25.3 Å². The van der Waals surface area contributed by atoms with Crippen LogP contribution < -0.4 is 10.1 Å². The lowest BCUT2D eigenvalue weighted by molar-refractivity contribution is 0.102. The van der Waals surface area contributed by atoms with Crippen LogP contribution in [0.25, 0.3) is 33.9 Å². The summed E-state index contributed by atoms with van der Waals surface area (Å²) in [5, 5.41) is 10.4. The van der Waals surface area contributed by atoms with E-state index in [1.807, 2.05) is 54.6 Å². The van der Waals surface area contributed by atoms with Crippen LogP contribution in [-0.2, 0) is 0 Å². The molecule has 3 aromatic carbocycles. The number of hydrogen-bond donors (Lipinski definition) is 1. The minimum atomic E-state index is -0.346. The molecule has 0 aliphatic rings. The Bertz CT molecular complexity index is 1370. The number of anilines is 1. The number of aromatic nitrogens is 2. The summed E-state index contributed by atoms with van der Waals surface area (Å²) >= 11 is 0. The summed E-state index contributed by atoms with van der Waals surface area (Å²) in [4.78, 5) is 12.7. The van der Waals surface area contributed by atoms with Gasteiger partial charge >= 0.3 is 6.01 Å². The topological polar surface area (TPSA) is 90.4 Å². The van der Waals surface area contributed by atoms with Crippen molar-refractivity contribution in [2.45, 2.75) is 0 Å². The Balaban J connectivity index is 1.31. The highest BCUT2D eigenvalue weighted by Gasteiger charge is 2.14. The second-order valence-electron chi connectivity index (χ2n) is 7.23. The normalized spacial score (nSPS) is 10.7. The van der Waals surface area contributed by atoms with Crippen LogP contribution in [0.2, 0.25) is 0 Å². The molecule has 1 N–H and O–H groups in total. The summed E-state index contributed by atoms with van der Waals surface area (Å²) < 4.78 is 15.9. The number of furan rings is 1. The molecule has 7 nitrogen and oxygen atoms in total. The summed E-state index contributed by atoms with van der Waals surface area (Å²) in [5.74, 6) is 1.11. The number of amides is 1. The van der Waals surface area contributed by atoms with Crippen LogP contribution in [0.3, 0.4) is 0 Å². The lowest BCUT2D eigenvalue weighted by Crippen LogP contribution is -2.12. The predicted molar refractivity (Wildman–Crippen MR) is 124 cm³/mol. The van der Waals surface area contributed by atoms with Gasteiger partial charge in [-0.05, 0) is 58.7 Å². The maximum atomic E-state index is 12.7. The van der Waals surface area contributed by atoms with Gasteiger partial charge in [0.2, 0.25) is 0 Å². The zero-order valence-electron chi connectivity index (χ0n) is 17.7. The molecular formula is C26H19N3O4. The van der Waals surface area contributed by atoms with Gasteiger partial charge in [-0.2, -0.15) is 0 Å². The van der Waals surface area contributed by atoms with Gasteiger partial charge in [-0.25, -0.2) is 0 Å². The SMILES string of the molecule is COc1ccc(-c2ccc(-c3cccc(C(=O)Nc4nnc(-c5ccco5)o4)c3)cc2)cc1. The molecule has 0 atom stereocenters. The van der Waals surface area contributed by atoms with E-state index in [1.165, 1.54) is 6.26 Å². The second kappa shape index (κ2) is 8.84. The van der Waals surface area contributed by atoms with Crippen molar-refractivity contribution in [1.82, 2.24) is 10.2 Å². The van der Waals surface area contributed by atoms with Crippen LogP contribution in [0.5, 0.6) is 5.75 Å². The molecule has 0 saturated heterocycles. The summed E-state index contributed by atoms with van der Waals surface area (Å²) in [5.41, 5.74) is 4.60. The van der Waals surface area contributed by atoms with Gasteiger partial charge in [0.15, 0.2) is 5.76 Å². The Hall–Kier alpha value is -4.65. The number of nitrogens with zero attached hydrogens (tertiary/aromatic N) is 2. The van der Waals surface area contributed by atoms with Gasteiger partial charge in [-0.3, -0.25) is 10.1 Å². The molecular weight excluding hydrogens is 418 g/mol. The molecule has 0 unspecified atom stereocenters. The van der Waals surface area contributed by atoms with Crippen molar-refractivity contribution in [1.29, 1.82) is 0 Å². The third-order valence-electron chi connectivity index (χ3n) is 5.14. The molecule has 5 aromatic rings. The molecule has 2 heterocycles. The molecule has 2 aromatic heterocycles. The van der Waals surface area contributed by atoms with Gasteiger partial charge in [0, 0.05) is 5.56 Å².